The van der Waals surface area contributed by atoms with Gasteiger partial charge in [0.2, 0.25) is 0 Å². The van der Waals surface area contributed by atoms with Crippen molar-refractivity contribution in [3.8, 4) is 0 Å². The van der Waals surface area contributed by atoms with E-state index < -0.39 is 17.9 Å². The zero-order valence-corrected chi connectivity index (χ0v) is 5.66. The van der Waals surface area contributed by atoms with Crippen molar-refractivity contribution >= 4 is 5.97 Å². The van der Waals surface area contributed by atoms with Gasteiger partial charge in [-0.05, 0) is 0 Å². The molecular weight excluding hydrogens is 130 g/mol. The number of hydrogen-bond donors (Lipinski definition) is 2. The van der Waals surface area contributed by atoms with Crippen LogP contribution in [-0.2, 0) is 4.79 Å². The first-order chi connectivity index (χ1) is 4.63. The van der Waals surface area contributed by atoms with Gasteiger partial charge in [-0.25, -0.2) is 0 Å². The van der Waals surface area contributed by atoms with Crippen LogP contribution in [0.4, 0.5) is 0 Å². The molecule has 0 aromatic carbocycles. The molecule has 3 N–H and O–H groups in total. The molecule has 0 amide bonds. The van der Waals surface area contributed by atoms with E-state index in [4.69, 9.17) is 10.8 Å². The zero-order valence-electron chi connectivity index (χ0n) is 5.66. The Morgan fingerprint density at radius 2 is 2.00 bits per heavy atom. The summed E-state index contributed by atoms with van der Waals surface area (Å²) in [5.74, 6) is -1.69. The van der Waals surface area contributed by atoms with Crippen molar-refractivity contribution in [2.75, 3.05) is 0 Å². The summed E-state index contributed by atoms with van der Waals surface area (Å²) >= 11 is 0. The van der Waals surface area contributed by atoms with E-state index in [0.29, 0.717) is 0 Å². The van der Waals surface area contributed by atoms with Crippen molar-refractivity contribution in [2.24, 2.45) is 11.7 Å². The van der Waals surface area contributed by atoms with Gasteiger partial charge in [0.05, 0.1) is 5.92 Å². The minimum Gasteiger partial charge on any atom is -0.481 e. The molecule has 0 aliphatic carbocycles. The van der Waals surface area contributed by atoms with Crippen molar-refractivity contribution in [1.29, 1.82) is 0 Å². The van der Waals surface area contributed by atoms with Crippen molar-refractivity contribution in [3.63, 3.8) is 0 Å². The van der Waals surface area contributed by atoms with Crippen LogP contribution in [0.1, 0.15) is 0 Å². The van der Waals surface area contributed by atoms with E-state index in [1.54, 1.807) is 0 Å². The third-order valence-electron chi connectivity index (χ3n) is 1.23. The number of carboxylic acid groups (broad SMARTS) is 1. The van der Waals surface area contributed by atoms with Crippen LogP contribution in [0.15, 0.2) is 25.3 Å². The minimum absolute atomic E-state index is 0.546. The largest absolute Gasteiger partial charge is 0.481 e. The smallest absolute Gasteiger partial charge is 0.312 e. The van der Waals surface area contributed by atoms with Crippen LogP contribution in [0.25, 0.3) is 0 Å². The monoisotopic (exact) mass is 141 g/mol. The first-order valence-electron chi connectivity index (χ1n) is 2.87. The van der Waals surface area contributed by atoms with Gasteiger partial charge in [-0.15, -0.1) is 13.2 Å². The number of carboxylic acids is 1. The van der Waals surface area contributed by atoms with E-state index in [-0.39, 0.29) is 0 Å². The lowest BCUT2D eigenvalue weighted by Crippen LogP contribution is -2.31. The fraction of sp³-hybridized carbons (Fsp3) is 0.286. The van der Waals surface area contributed by atoms with Crippen molar-refractivity contribution < 1.29 is 9.90 Å². The number of hydrogen-bond acceptors (Lipinski definition) is 2. The molecule has 0 spiro atoms. The quantitative estimate of drug-likeness (QED) is 0.556. The van der Waals surface area contributed by atoms with Crippen LogP contribution in [-0.4, -0.2) is 17.1 Å². The normalized spacial score (nSPS) is 15.3. The standard InChI is InChI=1S/C7H11NO2/c1-3-5(7(9)10)6(8)4-2/h3-6H,1-2,8H2,(H,9,10). The topological polar surface area (TPSA) is 63.3 Å². The van der Waals surface area contributed by atoms with Crippen LogP contribution in [0.3, 0.4) is 0 Å². The summed E-state index contributed by atoms with van der Waals surface area (Å²) in [7, 11) is 0. The molecule has 0 radical (unpaired) electrons. The average Bonchev–Trinajstić information content (AvgIpc) is 1.88. The predicted molar refractivity (Wildman–Crippen MR) is 39.5 cm³/mol. The van der Waals surface area contributed by atoms with Gasteiger partial charge in [0.15, 0.2) is 0 Å². The Morgan fingerprint density at radius 1 is 1.50 bits per heavy atom. The molecule has 0 saturated carbocycles. The molecule has 0 heterocycles. The second kappa shape index (κ2) is 3.85. The van der Waals surface area contributed by atoms with Crippen LogP contribution < -0.4 is 5.73 Å². The lowest BCUT2D eigenvalue weighted by atomic mass is 10.0. The Labute approximate surface area is 59.8 Å². The summed E-state index contributed by atoms with van der Waals surface area (Å²) in [6.45, 7) is 6.72. The highest BCUT2D eigenvalue weighted by atomic mass is 16.4. The molecule has 0 aromatic rings. The summed E-state index contributed by atoms with van der Waals surface area (Å²) in [5.41, 5.74) is 5.36. The van der Waals surface area contributed by atoms with Gasteiger partial charge >= 0.3 is 5.97 Å². The number of aliphatic carboxylic acids is 1. The number of carbonyl (C=O) groups is 1. The van der Waals surface area contributed by atoms with Crippen LogP contribution in [0, 0.1) is 5.92 Å². The van der Waals surface area contributed by atoms with E-state index in [0.717, 1.165) is 0 Å². The fourth-order valence-electron chi connectivity index (χ4n) is 0.569. The average molecular weight is 141 g/mol. The van der Waals surface area contributed by atoms with Crippen LogP contribution >= 0.6 is 0 Å². The molecule has 0 aliphatic rings. The predicted octanol–water partition coefficient (Wildman–Crippen LogP) is 0.386. The zero-order chi connectivity index (χ0) is 8.15. The first-order valence-corrected chi connectivity index (χ1v) is 2.87. The van der Waals surface area contributed by atoms with E-state index in [2.05, 4.69) is 13.2 Å². The maximum atomic E-state index is 10.3. The minimum atomic E-state index is -0.970. The van der Waals surface area contributed by atoms with Gasteiger partial charge in [-0.2, -0.15) is 0 Å². The number of rotatable bonds is 4. The van der Waals surface area contributed by atoms with Crippen molar-refractivity contribution in [1.82, 2.24) is 0 Å². The van der Waals surface area contributed by atoms with Gasteiger partial charge in [0.25, 0.3) is 0 Å². The molecule has 10 heavy (non-hydrogen) atoms. The molecule has 0 aliphatic heterocycles. The molecule has 2 unspecified atom stereocenters. The summed E-state index contributed by atoms with van der Waals surface area (Å²) in [5, 5.41) is 8.48. The molecule has 2 atom stereocenters. The Hall–Kier alpha value is -1.09. The molecule has 0 saturated heterocycles. The highest BCUT2D eigenvalue weighted by Gasteiger charge is 2.18. The second-order valence-corrected chi connectivity index (χ2v) is 1.91. The second-order valence-electron chi connectivity index (χ2n) is 1.91. The lowest BCUT2D eigenvalue weighted by Gasteiger charge is -2.10. The van der Waals surface area contributed by atoms with Gasteiger partial charge in [-0.1, -0.05) is 12.2 Å². The first kappa shape index (κ1) is 8.91. The van der Waals surface area contributed by atoms with E-state index in [1.165, 1.54) is 12.2 Å². The van der Waals surface area contributed by atoms with Gasteiger partial charge in [0, 0.05) is 6.04 Å². The van der Waals surface area contributed by atoms with E-state index in [1.807, 2.05) is 0 Å². The summed E-state index contributed by atoms with van der Waals surface area (Å²) in [4.78, 5) is 10.3. The molecule has 0 bridgehead atoms. The fourth-order valence-corrected chi connectivity index (χ4v) is 0.569. The number of nitrogens with two attached hydrogens (primary N) is 1. The molecular formula is C7H11NO2. The third kappa shape index (κ3) is 2.03. The van der Waals surface area contributed by atoms with E-state index >= 15 is 0 Å². The highest BCUT2D eigenvalue weighted by Crippen LogP contribution is 2.03. The van der Waals surface area contributed by atoms with Gasteiger partial charge in [-0.3, -0.25) is 4.79 Å². The summed E-state index contributed by atoms with van der Waals surface area (Å²) < 4.78 is 0. The molecule has 0 rings (SSSR count). The molecule has 0 fully saturated rings. The summed E-state index contributed by atoms with van der Waals surface area (Å²) in [6.07, 6.45) is 2.69. The molecule has 0 aromatic heterocycles. The van der Waals surface area contributed by atoms with Crippen LogP contribution in [0.2, 0.25) is 0 Å². The van der Waals surface area contributed by atoms with Gasteiger partial charge < -0.3 is 10.8 Å². The van der Waals surface area contributed by atoms with Crippen LogP contribution in [0.5, 0.6) is 0 Å². The maximum Gasteiger partial charge on any atom is 0.312 e. The Bertz CT molecular complexity index is 154. The summed E-state index contributed by atoms with van der Waals surface area (Å²) in [6, 6.07) is -0.546. The van der Waals surface area contributed by atoms with E-state index in [9.17, 15) is 4.79 Å². The lowest BCUT2D eigenvalue weighted by molar-refractivity contribution is -0.140. The Kier molecular flexibility index (Phi) is 3.43. The molecule has 56 valence electrons. The Balaban J connectivity index is 4.19. The van der Waals surface area contributed by atoms with Crippen molar-refractivity contribution in [3.05, 3.63) is 25.3 Å². The molecule has 3 heteroatoms. The third-order valence-corrected chi connectivity index (χ3v) is 1.23. The van der Waals surface area contributed by atoms with Gasteiger partial charge in [0.1, 0.15) is 0 Å². The Morgan fingerprint density at radius 3 is 2.10 bits per heavy atom. The highest BCUT2D eigenvalue weighted by molar-refractivity contribution is 5.73. The SMILES string of the molecule is C=CC(N)C(C=C)C(=O)O. The van der Waals surface area contributed by atoms with Crippen molar-refractivity contribution in [2.45, 2.75) is 6.04 Å². The molecule has 3 nitrogen and oxygen atoms in total. The maximum absolute atomic E-state index is 10.3.